The molecule has 1 unspecified atom stereocenters. The number of guanidine groups is 1. The number of hydrogen-bond donors (Lipinski definition) is 2. The summed E-state index contributed by atoms with van der Waals surface area (Å²) >= 11 is 6.08. The minimum absolute atomic E-state index is 0.118. The molecule has 3 N–H and O–H groups in total. The Morgan fingerprint density at radius 2 is 2.08 bits per heavy atom. The van der Waals surface area contributed by atoms with Crippen LogP contribution in [0, 0.1) is 5.92 Å². The Morgan fingerprint density at radius 3 is 2.62 bits per heavy atom. The number of ether oxygens (including phenoxy) is 2. The lowest BCUT2D eigenvalue weighted by atomic mass is 10.2. The summed E-state index contributed by atoms with van der Waals surface area (Å²) in [6.45, 7) is 8.48. The summed E-state index contributed by atoms with van der Waals surface area (Å²) in [4.78, 5) is 17.8. The number of rotatable bonds is 6. The Bertz CT molecular complexity index is 644. The molecule has 0 bridgehead atoms. The Labute approximate surface area is 160 Å². The molecule has 0 aliphatic heterocycles. The summed E-state index contributed by atoms with van der Waals surface area (Å²) in [5, 5.41) is 3.46. The fourth-order valence-corrected chi connectivity index (χ4v) is 2.38. The quantitative estimate of drug-likeness (QED) is 0.578. The number of nitrogens with two attached hydrogens (primary N) is 1. The van der Waals surface area contributed by atoms with Crippen LogP contribution in [0.15, 0.2) is 23.2 Å². The highest BCUT2D eigenvalue weighted by Crippen LogP contribution is 2.27. The van der Waals surface area contributed by atoms with E-state index in [1.54, 1.807) is 32.4 Å². The smallest absolute Gasteiger partial charge is 0.410 e. The molecule has 146 valence electrons. The Hall–Kier alpha value is -2.15. The van der Waals surface area contributed by atoms with Gasteiger partial charge in [0.05, 0.1) is 12.1 Å². The summed E-state index contributed by atoms with van der Waals surface area (Å²) in [6.07, 6.45) is -0.354. The van der Waals surface area contributed by atoms with Crippen molar-refractivity contribution in [1.82, 2.24) is 4.90 Å². The van der Waals surface area contributed by atoms with E-state index in [-0.39, 0.29) is 18.0 Å². The van der Waals surface area contributed by atoms with Crippen LogP contribution in [-0.2, 0) is 4.74 Å². The number of benzene rings is 1. The van der Waals surface area contributed by atoms with Gasteiger partial charge >= 0.3 is 6.09 Å². The molecule has 0 saturated heterocycles. The van der Waals surface area contributed by atoms with Crippen molar-refractivity contribution in [3.63, 3.8) is 0 Å². The van der Waals surface area contributed by atoms with Crippen molar-refractivity contribution < 1.29 is 14.3 Å². The first-order valence-corrected chi connectivity index (χ1v) is 8.74. The van der Waals surface area contributed by atoms with E-state index in [0.29, 0.717) is 23.9 Å². The van der Waals surface area contributed by atoms with E-state index in [2.05, 4.69) is 10.3 Å². The molecule has 1 aromatic rings. The molecule has 8 heteroatoms. The van der Waals surface area contributed by atoms with Crippen LogP contribution < -0.4 is 15.8 Å². The molecular weight excluding hydrogens is 356 g/mol. The standard InChI is InChI=1S/C18H29ClN4O3/c1-12(11-23(5)17(24)26-18(2,3)4)10-21-16(20)22-13-7-8-15(25-6)14(19)9-13/h7-9,12H,10-11H2,1-6H3,(H3,20,21,22). The molecular formula is C18H29ClN4O3. The van der Waals surface area contributed by atoms with E-state index < -0.39 is 5.60 Å². The van der Waals surface area contributed by atoms with Crippen LogP contribution in [-0.4, -0.2) is 49.8 Å². The second kappa shape index (κ2) is 9.52. The normalized spacial score (nSPS) is 13.1. The fourth-order valence-electron chi connectivity index (χ4n) is 2.13. The van der Waals surface area contributed by atoms with Gasteiger partial charge in [-0.3, -0.25) is 4.99 Å². The number of methoxy groups -OCH3 is 1. The predicted octanol–water partition coefficient (Wildman–Crippen LogP) is 3.58. The molecule has 0 heterocycles. The molecule has 1 atom stereocenters. The molecule has 0 fully saturated rings. The Kier molecular flexibility index (Phi) is 8.02. The van der Waals surface area contributed by atoms with Crippen LogP contribution >= 0.6 is 11.6 Å². The minimum atomic E-state index is -0.513. The average Bonchev–Trinajstić information content (AvgIpc) is 2.51. The lowest BCUT2D eigenvalue weighted by Gasteiger charge is -2.26. The second-order valence-electron chi connectivity index (χ2n) is 7.17. The van der Waals surface area contributed by atoms with Gasteiger partial charge in [0.2, 0.25) is 0 Å². The first-order valence-electron chi connectivity index (χ1n) is 8.36. The fraction of sp³-hybridized carbons (Fsp3) is 0.556. The zero-order valence-electron chi connectivity index (χ0n) is 16.3. The number of aliphatic imine (C=N–C) groups is 1. The summed E-state index contributed by atoms with van der Waals surface area (Å²) < 4.78 is 10.4. The van der Waals surface area contributed by atoms with Crippen LogP contribution in [0.5, 0.6) is 5.75 Å². The van der Waals surface area contributed by atoms with Crippen molar-refractivity contribution in [3.8, 4) is 5.75 Å². The van der Waals surface area contributed by atoms with Gasteiger partial charge in [-0.15, -0.1) is 0 Å². The summed E-state index contributed by atoms with van der Waals surface area (Å²) in [5.74, 6) is 0.983. The highest BCUT2D eigenvalue weighted by molar-refractivity contribution is 6.32. The van der Waals surface area contributed by atoms with Gasteiger partial charge in [0.15, 0.2) is 5.96 Å². The van der Waals surface area contributed by atoms with Crippen molar-refractivity contribution >= 4 is 29.3 Å². The largest absolute Gasteiger partial charge is 0.495 e. The van der Waals surface area contributed by atoms with Gasteiger partial charge in [-0.2, -0.15) is 0 Å². The van der Waals surface area contributed by atoms with Gasteiger partial charge < -0.3 is 25.4 Å². The molecule has 0 aliphatic carbocycles. The third kappa shape index (κ3) is 7.82. The van der Waals surface area contributed by atoms with Gasteiger partial charge in [0.25, 0.3) is 0 Å². The monoisotopic (exact) mass is 384 g/mol. The molecule has 0 saturated carbocycles. The Morgan fingerprint density at radius 1 is 1.42 bits per heavy atom. The van der Waals surface area contributed by atoms with E-state index in [1.807, 2.05) is 27.7 Å². The first-order chi connectivity index (χ1) is 12.0. The topological polar surface area (TPSA) is 89.2 Å². The molecule has 0 radical (unpaired) electrons. The van der Waals surface area contributed by atoms with E-state index in [4.69, 9.17) is 26.8 Å². The second-order valence-corrected chi connectivity index (χ2v) is 7.57. The molecule has 1 amide bonds. The van der Waals surface area contributed by atoms with Crippen molar-refractivity contribution in [2.24, 2.45) is 16.6 Å². The molecule has 1 rings (SSSR count). The van der Waals surface area contributed by atoms with E-state index in [9.17, 15) is 4.79 Å². The highest BCUT2D eigenvalue weighted by Gasteiger charge is 2.20. The highest BCUT2D eigenvalue weighted by atomic mass is 35.5. The van der Waals surface area contributed by atoms with Gasteiger partial charge in [0.1, 0.15) is 11.4 Å². The summed E-state index contributed by atoms with van der Waals surface area (Å²) in [5.41, 5.74) is 6.11. The number of amides is 1. The molecule has 1 aromatic carbocycles. The molecule has 26 heavy (non-hydrogen) atoms. The lowest BCUT2D eigenvalue weighted by molar-refractivity contribution is 0.0279. The lowest BCUT2D eigenvalue weighted by Crippen LogP contribution is -2.37. The van der Waals surface area contributed by atoms with Crippen LogP contribution in [0.1, 0.15) is 27.7 Å². The molecule has 0 spiro atoms. The zero-order valence-corrected chi connectivity index (χ0v) is 17.1. The predicted molar refractivity (Wildman–Crippen MR) is 106 cm³/mol. The van der Waals surface area contributed by atoms with Gasteiger partial charge in [-0.25, -0.2) is 4.79 Å². The maximum atomic E-state index is 12.0. The van der Waals surface area contributed by atoms with Gasteiger partial charge in [0, 0.05) is 25.8 Å². The first kappa shape index (κ1) is 21.9. The summed E-state index contributed by atoms with van der Waals surface area (Å²) in [6, 6.07) is 5.26. The van der Waals surface area contributed by atoms with Crippen molar-refractivity contribution in [2.45, 2.75) is 33.3 Å². The van der Waals surface area contributed by atoms with Crippen LogP contribution in [0.4, 0.5) is 10.5 Å². The number of carbonyl (C=O) groups is 1. The number of nitrogens with zero attached hydrogens (tertiary/aromatic N) is 2. The van der Waals surface area contributed by atoms with Crippen LogP contribution in [0.3, 0.4) is 0 Å². The van der Waals surface area contributed by atoms with Crippen molar-refractivity contribution in [1.29, 1.82) is 0 Å². The number of halogens is 1. The zero-order chi connectivity index (χ0) is 19.9. The van der Waals surface area contributed by atoms with Gasteiger partial charge in [-0.05, 0) is 44.9 Å². The maximum Gasteiger partial charge on any atom is 0.410 e. The molecule has 7 nitrogen and oxygen atoms in total. The van der Waals surface area contributed by atoms with Crippen molar-refractivity contribution in [2.75, 3.05) is 32.6 Å². The third-order valence-corrected chi connectivity index (χ3v) is 3.58. The van der Waals surface area contributed by atoms with E-state index in [1.165, 1.54) is 4.90 Å². The minimum Gasteiger partial charge on any atom is -0.495 e. The summed E-state index contributed by atoms with van der Waals surface area (Å²) in [7, 11) is 3.26. The van der Waals surface area contributed by atoms with E-state index >= 15 is 0 Å². The number of carbonyl (C=O) groups excluding carboxylic acids is 1. The molecule has 0 aromatic heterocycles. The SMILES string of the molecule is COc1ccc(NC(N)=NCC(C)CN(C)C(=O)OC(C)(C)C)cc1Cl. The van der Waals surface area contributed by atoms with Crippen LogP contribution in [0.25, 0.3) is 0 Å². The molecule has 0 aliphatic rings. The maximum absolute atomic E-state index is 12.0. The van der Waals surface area contributed by atoms with Gasteiger partial charge in [-0.1, -0.05) is 18.5 Å². The number of nitrogens with one attached hydrogen (secondary N) is 1. The number of hydrogen-bond acceptors (Lipinski definition) is 4. The van der Waals surface area contributed by atoms with E-state index in [0.717, 1.165) is 5.69 Å². The number of anilines is 1. The average molecular weight is 385 g/mol. The van der Waals surface area contributed by atoms with Crippen LogP contribution in [0.2, 0.25) is 5.02 Å². The third-order valence-electron chi connectivity index (χ3n) is 3.29. The Balaban J connectivity index is 2.52. The van der Waals surface area contributed by atoms with Crippen molar-refractivity contribution in [3.05, 3.63) is 23.2 Å².